The van der Waals surface area contributed by atoms with Crippen LogP contribution >= 0.6 is 23.2 Å². The van der Waals surface area contributed by atoms with Gasteiger partial charge in [0.25, 0.3) is 11.8 Å². The Balaban J connectivity index is 2.41. The van der Waals surface area contributed by atoms with E-state index in [1.54, 1.807) is 32.0 Å². The summed E-state index contributed by atoms with van der Waals surface area (Å²) >= 11 is 11.8. The Morgan fingerprint density at radius 2 is 1.83 bits per heavy atom. The van der Waals surface area contributed by atoms with E-state index < -0.39 is 17.8 Å². The van der Waals surface area contributed by atoms with Crippen LogP contribution in [-0.4, -0.2) is 42.3 Å². The number of carbonyl (C=O) groups is 3. The normalized spacial score (nSPS) is 10.4. The summed E-state index contributed by atoms with van der Waals surface area (Å²) in [7, 11) is 1.22. The minimum absolute atomic E-state index is 0.0172. The molecule has 1 heterocycles. The number of alkyl halides is 1. The third-order valence-corrected chi connectivity index (χ3v) is 4.66. The fourth-order valence-corrected chi connectivity index (χ4v) is 2.96. The number of halogens is 2. The van der Waals surface area contributed by atoms with Crippen molar-refractivity contribution < 1.29 is 19.1 Å². The molecule has 0 saturated carbocycles. The molecule has 0 aliphatic heterocycles. The first-order valence-electron chi connectivity index (χ1n) is 8.80. The van der Waals surface area contributed by atoms with Crippen molar-refractivity contribution >= 4 is 46.7 Å². The molecule has 154 valence electrons. The van der Waals surface area contributed by atoms with Gasteiger partial charge in [-0.1, -0.05) is 17.7 Å². The topological polar surface area (TPSA) is 97.4 Å². The van der Waals surface area contributed by atoms with Crippen LogP contribution in [0.5, 0.6) is 0 Å². The molecule has 0 aliphatic rings. The number of ether oxygens (including phenoxy) is 1. The maximum atomic E-state index is 13.0. The molecule has 0 spiro atoms. The van der Waals surface area contributed by atoms with Crippen molar-refractivity contribution in [1.29, 1.82) is 0 Å². The molecule has 1 aromatic heterocycles. The summed E-state index contributed by atoms with van der Waals surface area (Å²) in [6.45, 7) is 3.79. The molecule has 9 heteroatoms. The lowest BCUT2D eigenvalue weighted by Gasteiger charge is -2.15. The molecule has 0 unspecified atom stereocenters. The van der Waals surface area contributed by atoms with Crippen LogP contribution in [0.2, 0.25) is 5.02 Å². The molecular formula is C20H21Cl2N3O4. The van der Waals surface area contributed by atoms with Gasteiger partial charge in [0.1, 0.15) is 11.3 Å². The Bertz CT molecular complexity index is 948. The van der Waals surface area contributed by atoms with Crippen LogP contribution in [0.1, 0.15) is 48.9 Å². The second kappa shape index (κ2) is 10.2. The molecule has 0 saturated heterocycles. The van der Waals surface area contributed by atoms with E-state index in [0.29, 0.717) is 30.1 Å². The Morgan fingerprint density at radius 3 is 2.48 bits per heavy atom. The number of carbonyl (C=O) groups excluding carboxylic acids is 3. The van der Waals surface area contributed by atoms with Crippen LogP contribution in [0.4, 0.5) is 5.69 Å². The van der Waals surface area contributed by atoms with Gasteiger partial charge in [-0.2, -0.15) is 0 Å². The number of nitrogens with zero attached hydrogens (tertiary/aromatic N) is 1. The lowest BCUT2D eigenvalue weighted by molar-refractivity contribution is 0.0602. The first-order valence-corrected chi connectivity index (χ1v) is 9.72. The highest BCUT2D eigenvalue weighted by Gasteiger charge is 2.23. The molecule has 0 bridgehead atoms. The van der Waals surface area contributed by atoms with Gasteiger partial charge in [-0.25, -0.2) is 9.78 Å². The monoisotopic (exact) mass is 437 g/mol. The molecule has 2 N–H and O–H groups in total. The average molecular weight is 438 g/mol. The Morgan fingerprint density at radius 1 is 1.10 bits per heavy atom. The first-order chi connectivity index (χ1) is 13.8. The van der Waals surface area contributed by atoms with Gasteiger partial charge in [0.15, 0.2) is 0 Å². The highest BCUT2D eigenvalue weighted by molar-refractivity contribution is 6.34. The lowest BCUT2D eigenvalue weighted by Crippen LogP contribution is -2.29. The van der Waals surface area contributed by atoms with Crippen LogP contribution < -0.4 is 10.6 Å². The summed E-state index contributed by atoms with van der Waals surface area (Å²) in [5.74, 6) is -1.37. The molecule has 0 aliphatic carbocycles. The minimum atomic E-state index is -0.685. The summed E-state index contributed by atoms with van der Waals surface area (Å²) in [4.78, 5) is 41.8. The van der Waals surface area contributed by atoms with Gasteiger partial charge in [0.05, 0.1) is 23.4 Å². The number of hydrogen-bond donors (Lipinski definition) is 2. The summed E-state index contributed by atoms with van der Waals surface area (Å²) in [5, 5.41) is 5.49. The van der Waals surface area contributed by atoms with Gasteiger partial charge in [-0.3, -0.25) is 9.59 Å². The van der Waals surface area contributed by atoms with E-state index in [1.807, 2.05) is 0 Å². The molecule has 0 radical (unpaired) electrons. The molecule has 2 amide bonds. The van der Waals surface area contributed by atoms with Gasteiger partial charge >= 0.3 is 5.97 Å². The number of methoxy groups -OCH3 is 1. The summed E-state index contributed by atoms with van der Waals surface area (Å²) in [6.07, 6.45) is 0.588. The third kappa shape index (κ3) is 5.46. The second-order valence-corrected chi connectivity index (χ2v) is 6.99. The van der Waals surface area contributed by atoms with Crippen molar-refractivity contribution in [3.63, 3.8) is 0 Å². The Kier molecular flexibility index (Phi) is 7.99. The zero-order chi connectivity index (χ0) is 21.6. The highest BCUT2D eigenvalue weighted by atomic mass is 35.5. The van der Waals surface area contributed by atoms with E-state index in [9.17, 15) is 14.4 Å². The van der Waals surface area contributed by atoms with Gasteiger partial charge in [0, 0.05) is 18.1 Å². The molecule has 0 atom stereocenters. The predicted molar refractivity (Wildman–Crippen MR) is 112 cm³/mol. The fourth-order valence-electron chi connectivity index (χ4n) is 2.59. The average Bonchev–Trinajstić information content (AvgIpc) is 2.70. The number of aromatic nitrogens is 1. The number of aryl methyl sites for hydroxylation is 2. The minimum Gasteiger partial charge on any atom is -0.465 e. The number of rotatable bonds is 7. The van der Waals surface area contributed by atoms with Gasteiger partial charge < -0.3 is 15.4 Å². The van der Waals surface area contributed by atoms with Crippen molar-refractivity contribution in [1.82, 2.24) is 10.3 Å². The standard InChI is InChI=1S/C20H21Cl2N3O4/c1-11-5-8-14(22)15(20(28)29-3)16(11)25-18(26)13-7-6-12(2)24-17(13)19(27)23-10-4-9-21/h5-8H,4,9-10H2,1-3H3,(H,23,27)(H,25,26). The largest absolute Gasteiger partial charge is 0.465 e. The van der Waals surface area contributed by atoms with Crippen LogP contribution in [0.3, 0.4) is 0 Å². The van der Waals surface area contributed by atoms with E-state index in [2.05, 4.69) is 15.6 Å². The van der Waals surface area contributed by atoms with Gasteiger partial charge in [0.2, 0.25) is 0 Å². The van der Waals surface area contributed by atoms with E-state index >= 15 is 0 Å². The SMILES string of the molecule is COC(=O)c1c(Cl)ccc(C)c1NC(=O)c1ccc(C)nc1C(=O)NCCCCl. The zero-order valence-electron chi connectivity index (χ0n) is 16.3. The maximum Gasteiger partial charge on any atom is 0.341 e. The van der Waals surface area contributed by atoms with E-state index in [1.165, 1.54) is 13.2 Å². The number of esters is 1. The molecule has 7 nitrogen and oxygen atoms in total. The number of anilines is 1. The molecular weight excluding hydrogens is 417 g/mol. The Hall–Kier alpha value is -2.64. The van der Waals surface area contributed by atoms with Crippen molar-refractivity contribution in [3.05, 3.63) is 57.4 Å². The zero-order valence-corrected chi connectivity index (χ0v) is 17.8. The van der Waals surface area contributed by atoms with Crippen LogP contribution in [0.25, 0.3) is 0 Å². The van der Waals surface area contributed by atoms with Gasteiger partial charge in [-0.15, -0.1) is 11.6 Å². The summed E-state index contributed by atoms with van der Waals surface area (Å²) < 4.78 is 4.77. The fraction of sp³-hybridized carbons (Fsp3) is 0.300. The van der Waals surface area contributed by atoms with Crippen LogP contribution in [0, 0.1) is 13.8 Å². The number of amides is 2. The van der Waals surface area contributed by atoms with E-state index in [-0.39, 0.29) is 27.5 Å². The van der Waals surface area contributed by atoms with Crippen molar-refractivity contribution in [2.75, 3.05) is 24.9 Å². The molecule has 0 fully saturated rings. The molecule has 2 aromatic rings. The Labute approximate surface area is 178 Å². The number of pyridine rings is 1. The van der Waals surface area contributed by atoms with Crippen LogP contribution in [-0.2, 0) is 4.74 Å². The maximum absolute atomic E-state index is 13.0. The summed E-state index contributed by atoms with van der Waals surface area (Å²) in [6, 6.07) is 6.34. The highest BCUT2D eigenvalue weighted by Crippen LogP contribution is 2.29. The second-order valence-electron chi connectivity index (χ2n) is 6.21. The number of hydrogen-bond acceptors (Lipinski definition) is 5. The van der Waals surface area contributed by atoms with E-state index in [4.69, 9.17) is 27.9 Å². The molecule has 1 aromatic carbocycles. The van der Waals surface area contributed by atoms with Crippen LogP contribution in [0.15, 0.2) is 24.3 Å². The molecule has 29 heavy (non-hydrogen) atoms. The predicted octanol–water partition coefficient (Wildman–Crippen LogP) is 3.75. The van der Waals surface area contributed by atoms with Crippen molar-refractivity contribution in [3.8, 4) is 0 Å². The van der Waals surface area contributed by atoms with Gasteiger partial charge in [-0.05, 0) is 44.0 Å². The smallest absolute Gasteiger partial charge is 0.341 e. The first kappa shape index (κ1) is 22.6. The van der Waals surface area contributed by atoms with Crippen molar-refractivity contribution in [2.24, 2.45) is 0 Å². The summed E-state index contributed by atoms with van der Waals surface area (Å²) in [5.41, 5.74) is 1.49. The number of benzene rings is 1. The lowest BCUT2D eigenvalue weighted by atomic mass is 10.1. The third-order valence-electron chi connectivity index (χ3n) is 4.08. The molecule has 2 rings (SSSR count). The van der Waals surface area contributed by atoms with E-state index in [0.717, 1.165) is 0 Å². The quantitative estimate of drug-likeness (QED) is 0.390. The van der Waals surface area contributed by atoms with Crippen molar-refractivity contribution in [2.45, 2.75) is 20.3 Å². The number of nitrogens with one attached hydrogen (secondary N) is 2.